The summed E-state index contributed by atoms with van der Waals surface area (Å²) in [6, 6.07) is 1.74. The molecule has 9 nitrogen and oxygen atoms in total. The fourth-order valence-electron chi connectivity index (χ4n) is 2.24. The number of carbonyl (C=O) groups is 1. The average molecular weight is 316 g/mol. The summed E-state index contributed by atoms with van der Waals surface area (Å²) in [7, 11) is 0. The highest BCUT2D eigenvalue weighted by molar-refractivity contribution is 6.06. The fraction of sp³-hybridized carbons (Fsp3) is 0.357. The summed E-state index contributed by atoms with van der Waals surface area (Å²) in [5, 5.41) is 13.2. The van der Waals surface area contributed by atoms with Crippen molar-refractivity contribution in [3.8, 4) is 0 Å². The smallest absolute Gasteiger partial charge is 0.340 e. The van der Waals surface area contributed by atoms with Gasteiger partial charge in [-0.05, 0) is 18.9 Å². The number of H-pyrrole nitrogens is 2. The Bertz CT molecular complexity index is 920. The van der Waals surface area contributed by atoms with Crippen LogP contribution in [0.1, 0.15) is 47.3 Å². The number of hydrogen-bond acceptors (Lipinski definition) is 6. The van der Waals surface area contributed by atoms with Gasteiger partial charge in [-0.1, -0.05) is 19.0 Å². The summed E-state index contributed by atoms with van der Waals surface area (Å²) >= 11 is 0. The minimum atomic E-state index is -0.419. The molecule has 0 atom stereocenters. The van der Waals surface area contributed by atoms with Gasteiger partial charge in [-0.15, -0.1) is 0 Å². The van der Waals surface area contributed by atoms with E-state index in [0.717, 1.165) is 5.69 Å². The highest BCUT2D eigenvalue weighted by Crippen LogP contribution is 2.25. The first-order chi connectivity index (χ1) is 11.0. The number of amides is 1. The van der Waals surface area contributed by atoms with Crippen LogP contribution < -0.4 is 11.0 Å². The largest absolute Gasteiger partial charge is 0.345 e. The summed E-state index contributed by atoms with van der Waals surface area (Å²) < 4.78 is 5.19. The van der Waals surface area contributed by atoms with Gasteiger partial charge in [0.1, 0.15) is 5.82 Å². The lowest BCUT2D eigenvalue weighted by atomic mass is 10.0. The first kappa shape index (κ1) is 14.9. The zero-order valence-corrected chi connectivity index (χ0v) is 12.9. The molecule has 3 heterocycles. The van der Waals surface area contributed by atoms with Crippen molar-refractivity contribution in [3.63, 3.8) is 0 Å². The quantitative estimate of drug-likeness (QED) is 0.658. The first-order valence-corrected chi connectivity index (χ1v) is 7.14. The van der Waals surface area contributed by atoms with Gasteiger partial charge < -0.3 is 9.84 Å². The molecule has 120 valence electrons. The van der Waals surface area contributed by atoms with Crippen LogP contribution in [0, 0.1) is 6.92 Å². The third-order valence-corrected chi connectivity index (χ3v) is 3.44. The Morgan fingerprint density at radius 2 is 2.22 bits per heavy atom. The molecular formula is C14H16N6O3. The molecule has 0 spiro atoms. The summed E-state index contributed by atoms with van der Waals surface area (Å²) in [4.78, 5) is 30.4. The SMILES string of the molecule is Cc1noc2nc(C(C)C)cc(C(=O)NCc3n[nH]c(=O)[nH]3)c12. The maximum Gasteiger partial charge on any atom is 0.340 e. The second-order valence-corrected chi connectivity index (χ2v) is 5.50. The normalized spacial score (nSPS) is 11.3. The topological polar surface area (TPSA) is 130 Å². The van der Waals surface area contributed by atoms with E-state index >= 15 is 0 Å². The van der Waals surface area contributed by atoms with Crippen molar-refractivity contribution in [3.05, 3.63) is 39.3 Å². The molecule has 0 bridgehead atoms. The number of aromatic nitrogens is 5. The van der Waals surface area contributed by atoms with Gasteiger partial charge in [0, 0.05) is 5.69 Å². The molecular weight excluding hydrogens is 300 g/mol. The molecule has 3 aromatic heterocycles. The second kappa shape index (κ2) is 5.67. The van der Waals surface area contributed by atoms with E-state index < -0.39 is 5.69 Å². The lowest BCUT2D eigenvalue weighted by Gasteiger charge is -2.08. The standard InChI is InChI=1S/C14H16N6O3/c1-6(2)9-4-8(11-7(3)20-23-13(11)16-9)12(21)15-5-10-17-14(22)19-18-10/h4,6H,5H2,1-3H3,(H,15,21)(H2,17,18,19,22). The molecule has 0 saturated carbocycles. The van der Waals surface area contributed by atoms with Crippen molar-refractivity contribution in [1.29, 1.82) is 0 Å². The predicted octanol–water partition coefficient (Wildman–Crippen LogP) is 0.996. The number of nitrogens with zero attached hydrogens (tertiary/aromatic N) is 3. The molecule has 0 unspecified atom stereocenters. The van der Waals surface area contributed by atoms with E-state index in [-0.39, 0.29) is 18.4 Å². The van der Waals surface area contributed by atoms with Crippen LogP contribution in [0.25, 0.3) is 11.1 Å². The van der Waals surface area contributed by atoms with E-state index in [2.05, 4.69) is 30.6 Å². The highest BCUT2D eigenvalue weighted by atomic mass is 16.5. The van der Waals surface area contributed by atoms with Gasteiger partial charge in [-0.2, -0.15) is 5.10 Å². The zero-order chi connectivity index (χ0) is 16.6. The van der Waals surface area contributed by atoms with Crippen LogP contribution in [-0.4, -0.2) is 31.2 Å². The third-order valence-electron chi connectivity index (χ3n) is 3.44. The summed E-state index contributed by atoms with van der Waals surface area (Å²) in [5.41, 5.74) is 1.70. The second-order valence-electron chi connectivity index (χ2n) is 5.50. The molecule has 0 saturated heterocycles. The van der Waals surface area contributed by atoms with Crippen LogP contribution in [0.2, 0.25) is 0 Å². The van der Waals surface area contributed by atoms with Crippen LogP contribution in [0.5, 0.6) is 0 Å². The molecule has 1 amide bonds. The highest BCUT2D eigenvalue weighted by Gasteiger charge is 2.19. The maximum absolute atomic E-state index is 12.5. The molecule has 3 rings (SSSR count). The Balaban J connectivity index is 1.94. The van der Waals surface area contributed by atoms with Crippen molar-refractivity contribution in [2.24, 2.45) is 0 Å². The number of fused-ring (bicyclic) bond motifs is 1. The monoisotopic (exact) mass is 316 g/mol. The molecule has 0 aliphatic carbocycles. The lowest BCUT2D eigenvalue weighted by molar-refractivity contribution is 0.0951. The molecule has 0 aromatic carbocycles. The van der Waals surface area contributed by atoms with E-state index in [9.17, 15) is 9.59 Å². The van der Waals surface area contributed by atoms with Crippen LogP contribution >= 0.6 is 0 Å². The lowest BCUT2D eigenvalue weighted by Crippen LogP contribution is -2.24. The number of nitrogens with one attached hydrogen (secondary N) is 3. The number of pyridine rings is 1. The van der Waals surface area contributed by atoms with Gasteiger partial charge in [-0.3, -0.25) is 9.78 Å². The van der Waals surface area contributed by atoms with Crippen molar-refractivity contribution in [1.82, 2.24) is 30.6 Å². The number of aromatic amines is 2. The first-order valence-electron chi connectivity index (χ1n) is 7.14. The predicted molar refractivity (Wildman–Crippen MR) is 81.0 cm³/mol. The van der Waals surface area contributed by atoms with E-state index in [4.69, 9.17) is 4.52 Å². The average Bonchev–Trinajstić information content (AvgIpc) is 3.10. The summed E-state index contributed by atoms with van der Waals surface area (Å²) in [6.07, 6.45) is 0. The van der Waals surface area contributed by atoms with Gasteiger partial charge in [0.25, 0.3) is 11.6 Å². The van der Waals surface area contributed by atoms with E-state index in [1.807, 2.05) is 13.8 Å². The minimum Gasteiger partial charge on any atom is -0.345 e. The van der Waals surface area contributed by atoms with Crippen molar-refractivity contribution >= 4 is 17.0 Å². The third kappa shape index (κ3) is 2.85. The summed E-state index contributed by atoms with van der Waals surface area (Å²) in [6.45, 7) is 5.81. The Labute approximate surface area is 130 Å². The Morgan fingerprint density at radius 3 is 2.87 bits per heavy atom. The zero-order valence-electron chi connectivity index (χ0n) is 12.9. The Hall–Kier alpha value is -2.97. The number of aryl methyl sites for hydroxylation is 1. The molecule has 3 aromatic rings. The van der Waals surface area contributed by atoms with Gasteiger partial charge >= 0.3 is 5.69 Å². The molecule has 3 N–H and O–H groups in total. The fourth-order valence-corrected chi connectivity index (χ4v) is 2.24. The summed E-state index contributed by atoms with van der Waals surface area (Å²) in [5.74, 6) is 0.174. The van der Waals surface area contributed by atoms with E-state index in [0.29, 0.717) is 28.2 Å². The van der Waals surface area contributed by atoms with E-state index in [1.165, 1.54) is 0 Å². The molecule has 0 aliphatic rings. The van der Waals surface area contributed by atoms with Gasteiger partial charge in [0.05, 0.1) is 23.2 Å². The minimum absolute atomic E-state index is 0.0999. The molecule has 23 heavy (non-hydrogen) atoms. The maximum atomic E-state index is 12.5. The number of carbonyl (C=O) groups excluding carboxylic acids is 1. The molecule has 0 aliphatic heterocycles. The molecule has 9 heteroatoms. The van der Waals surface area contributed by atoms with Crippen molar-refractivity contribution in [2.75, 3.05) is 0 Å². The van der Waals surface area contributed by atoms with Gasteiger partial charge in [-0.25, -0.2) is 14.9 Å². The van der Waals surface area contributed by atoms with Crippen LogP contribution in [-0.2, 0) is 6.54 Å². The number of hydrogen-bond donors (Lipinski definition) is 3. The number of rotatable bonds is 4. The van der Waals surface area contributed by atoms with Crippen LogP contribution in [0.15, 0.2) is 15.4 Å². The van der Waals surface area contributed by atoms with E-state index in [1.54, 1.807) is 13.0 Å². The van der Waals surface area contributed by atoms with Crippen LogP contribution in [0.3, 0.4) is 0 Å². The van der Waals surface area contributed by atoms with Gasteiger partial charge in [0.2, 0.25) is 0 Å². The van der Waals surface area contributed by atoms with Crippen LogP contribution in [0.4, 0.5) is 0 Å². The van der Waals surface area contributed by atoms with Gasteiger partial charge in [0.15, 0.2) is 0 Å². The Morgan fingerprint density at radius 1 is 1.43 bits per heavy atom. The molecule has 0 fully saturated rings. The van der Waals surface area contributed by atoms with Crippen molar-refractivity contribution < 1.29 is 9.32 Å². The Kier molecular flexibility index (Phi) is 3.68. The molecule has 0 radical (unpaired) electrons. The van der Waals surface area contributed by atoms with Crippen molar-refractivity contribution in [2.45, 2.75) is 33.2 Å².